The fourth-order valence-electron chi connectivity index (χ4n) is 2.30. The number of nitrogens with two attached hydrogens (primary N) is 1. The third kappa shape index (κ3) is 3.92. The van der Waals surface area contributed by atoms with E-state index in [-0.39, 0.29) is 11.5 Å². The second-order valence-corrected chi connectivity index (χ2v) is 6.91. The van der Waals surface area contributed by atoms with E-state index in [9.17, 15) is 14.4 Å². The van der Waals surface area contributed by atoms with Crippen LogP contribution in [0, 0.1) is 0 Å². The Morgan fingerprint density at radius 3 is 2.54 bits per heavy atom. The monoisotopic (exact) mass is 368 g/mol. The molecule has 2 amide bonds. The topological polar surface area (TPSA) is 118 Å². The quantitative estimate of drug-likeness (QED) is 0.471. The number of nitrogens with zero attached hydrogens (tertiary/aromatic N) is 1. The van der Waals surface area contributed by atoms with Crippen LogP contribution in [0.1, 0.15) is 17.3 Å². The highest BCUT2D eigenvalue weighted by atomic mass is 32.2. The number of primary amides is 1. The van der Waals surface area contributed by atoms with Crippen molar-refractivity contribution in [3.05, 3.63) is 64.4 Å². The van der Waals surface area contributed by atoms with Crippen LogP contribution in [-0.2, 0) is 4.79 Å². The second-order valence-electron chi connectivity index (χ2n) is 5.58. The molecule has 0 spiro atoms. The van der Waals surface area contributed by atoms with E-state index in [0.717, 1.165) is 11.8 Å². The van der Waals surface area contributed by atoms with Crippen molar-refractivity contribution in [2.75, 3.05) is 5.32 Å². The fourth-order valence-corrected chi connectivity index (χ4v) is 3.11. The van der Waals surface area contributed by atoms with Crippen LogP contribution in [0.3, 0.4) is 0 Å². The standard InChI is InChI=1S/C18H16N4O3S/c1-10(16(24)20-12-8-6-11(7-9-12)15(19)23)26-18-21-14-5-3-2-4-13(14)17(25)22-18/h2-10H,1H3,(H2,19,23)(H,20,24)(H,21,22,25)/t10-/m1/s1. The number of benzene rings is 2. The van der Waals surface area contributed by atoms with Gasteiger partial charge in [0.2, 0.25) is 11.8 Å². The SMILES string of the molecule is C[C@@H](Sc1nc2ccccc2c(=O)[nH]1)C(=O)Nc1ccc(C(N)=O)cc1. The number of anilines is 1. The third-order valence-electron chi connectivity index (χ3n) is 3.69. The molecule has 0 saturated heterocycles. The Bertz CT molecular complexity index is 1030. The molecule has 2 aromatic carbocycles. The van der Waals surface area contributed by atoms with Gasteiger partial charge in [-0.15, -0.1) is 0 Å². The van der Waals surface area contributed by atoms with E-state index in [4.69, 9.17) is 5.73 Å². The number of carbonyl (C=O) groups excluding carboxylic acids is 2. The highest BCUT2D eigenvalue weighted by molar-refractivity contribution is 8.00. The average Bonchev–Trinajstić information content (AvgIpc) is 2.62. The number of aromatic amines is 1. The number of fused-ring (bicyclic) bond motifs is 1. The van der Waals surface area contributed by atoms with Gasteiger partial charge in [0.05, 0.1) is 16.2 Å². The molecule has 0 saturated carbocycles. The Morgan fingerprint density at radius 1 is 1.15 bits per heavy atom. The van der Waals surface area contributed by atoms with Crippen molar-refractivity contribution in [2.24, 2.45) is 5.73 Å². The van der Waals surface area contributed by atoms with Crippen molar-refractivity contribution in [1.29, 1.82) is 0 Å². The summed E-state index contributed by atoms with van der Waals surface area (Å²) in [5, 5.41) is 3.14. The molecule has 0 aliphatic rings. The molecule has 3 aromatic rings. The van der Waals surface area contributed by atoms with Gasteiger partial charge in [0, 0.05) is 11.3 Å². The van der Waals surface area contributed by atoms with Crippen LogP contribution in [-0.4, -0.2) is 27.0 Å². The summed E-state index contributed by atoms with van der Waals surface area (Å²) in [7, 11) is 0. The molecule has 0 fully saturated rings. The molecule has 0 radical (unpaired) electrons. The van der Waals surface area contributed by atoms with E-state index in [2.05, 4.69) is 15.3 Å². The minimum Gasteiger partial charge on any atom is -0.366 e. The first-order valence-electron chi connectivity index (χ1n) is 7.80. The van der Waals surface area contributed by atoms with Crippen LogP contribution >= 0.6 is 11.8 Å². The predicted octanol–water partition coefficient (Wildman–Crippen LogP) is 2.14. The highest BCUT2D eigenvalue weighted by Crippen LogP contribution is 2.21. The van der Waals surface area contributed by atoms with E-state index < -0.39 is 11.2 Å². The number of rotatable bonds is 5. The lowest BCUT2D eigenvalue weighted by Gasteiger charge is -2.12. The molecule has 8 heteroatoms. The Balaban J connectivity index is 1.71. The molecule has 7 nitrogen and oxygen atoms in total. The van der Waals surface area contributed by atoms with Gasteiger partial charge in [0.1, 0.15) is 0 Å². The maximum Gasteiger partial charge on any atom is 0.259 e. The molecule has 0 bridgehead atoms. The first-order chi connectivity index (χ1) is 12.4. The van der Waals surface area contributed by atoms with E-state index in [1.807, 2.05) is 0 Å². The summed E-state index contributed by atoms with van der Waals surface area (Å²) in [6.07, 6.45) is 0. The van der Waals surface area contributed by atoms with Crippen molar-refractivity contribution in [1.82, 2.24) is 9.97 Å². The second kappa shape index (κ2) is 7.40. The zero-order valence-electron chi connectivity index (χ0n) is 13.9. The minimum atomic E-state index is -0.530. The van der Waals surface area contributed by atoms with Crippen molar-refractivity contribution < 1.29 is 9.59 Å². The minimum absolute atomic E-state index is 0.243. The van der Waals surface area contributed by atoms with Crippen molar-refractivity contribution in [2.45, 2.75) is 17.3 Å². The van der Waals surface area contributed by atoms with Crippen LogP contribution in [0.4, 0.5) is 5.69 Å². The Hall–Kier alpha value is -3.13. The molecule has 132 valence electrons. The predicted molar refractivity (Wildman–Crippen MR) is 101 cm³/mol. The number of carbonyl (C=O) groups is 2. The average molecular weight is 368 g/mol. The van der Waals surface area contributed by atoms with E-state index in [0.29, 0.717) is 27.3 Å². The summed E-state index contributed by atoms with van der Waals surface area (Å²) >= 11 is 1.16. The Kier molecular flexibility index (Phi) is 5.04. The van der Waals surface area contributed by atoms with E-state index >= 15 is 0 Å². The summed E-state index contributed by atoms with van der Waals surface area (Å²) in [4.78, 5) is 42.5. The summed E-state index contributed by atoms with van der Waals surface area (Å²) in [5.41, 5.74) is 6.43. The summed E-state index contributed by atoms with van der Waals surface area (Å²) in [6.45, 7) is 1.72. The Labute approximate surface area is 153 Å². The van der Waals surface area contributed by atoms with Crippen molar-refractivity contribution >= 4 is 40.2 Å². The lowest BCUT2D eigenvalue weighted by atomic mass is 10.2. The molecule has 26 heavy (non-hydrogen) atoms. The maximum absolute atomic E-state index is 12.3. The number of H-pyrrole nitrogens is 1. The molecular formula is C18H16N4O3S. The van der Waals surface area contributed by atoms with Gasteiger partial charge < -0.3 is 16.0 Å². The number of thioether (sulfide) groups is 1. The fraction of sp³-hybridized carbons (Fsp3) is 0.111. The first-order valence-corrected chi connectivity index (χ1v) is 8.68. The van der Waals surface area contributed by atoms with Gasteiger partial charge in [-0.3, -0.25) is 14.4 Å². The molecule has 3 rings (SSSR count). The van der Waals surface area contributed by atoms with Crippen LogP contribution in [0.5, 0.6) is 0 Å². The summed E-state index contributed by atoms with van der Waals surface area (Å²) in [5.74, 6) is -0.782. The molecule has 0 aliphatic carbocycles. The molecule has 1 atom stereocenters. The normalized spacial score (nSPS) is 11.9. The lowest BCUT2D eigenvalue weighted by molar-refractivity contribution is -0.115. The number of amides is 2. The number of nitrogens with one attached hydrogen (secondary N) is 2. The maximum atomic E-state index is 12.3. The van der Waals surface area contributed by atoms with Gasteiger partial charge in [-0.25, -0.2) is 4.98 Å². The van der Waals surface area contributed by atoms with Crippen LogP contribution < -0.4 is 16.6 Å². The van der Waals surface area contributed by atoms with Crippen LogP contribution in [0.25, 0.3) is 10.9 Å². The van der Waals surface area contributed by atoms with Gasteiger partial charge >= 0.3 is 0 Å². The lowest BCUT2D eigenvalue weighted by Crippen LogP contribution is -2.23. The molecule has 0 aliphatic heterocycles. The highest BCUT2D eigenvalue weighted by Gasteiger charge is 2.17. The van der Waals surface area contributed by atoms with Gasteiger partial charge in [-0.05, 0) is 43.3 Å². The molecule has 1 heterocycles. The Morgan fingerprint density at radius 2 is 1.85 bits per heavy atom. The van der Waals surface area contributed by atoms with E-state index in [1.165, 1.54) is 12.1 Å². The first kappa shape index (κ1) is 17.7. The van der Waals surface area contributed by atoms with Crippen molar-refractivity contribution in [3.8, 4) is 0 Å². The van der Waals surface area contributed by atoms with E-state index in [1.54, 1.807) is 43.3 Å². The molecule has 0 unspecified atom stereocenters. The van der Waals surface area contributed by atoms with Gasteiger partial charge in [-0.1, -0.05) is 23.9 Å². The number of para-hydroxylation sites is 1. The number of hydrogen-bond donors (Lipinski definition) is 3. The van der Waals surface area contributed by atoms with Crippen molar-refractivity contribution in [3.63, 3.8) is 0 Å². The van der Waals surface area contributed by atoms with Gasteiger partial charge in [0.25, 0.3) is 5.56 Å². The smallest absolute Gasteiger partial charge is 0.259 e. The largest absolute Gasteiger partial charge is 0.366 e. The summed E-state index contributed by atoms with van der Waals surface area (Å²) < 4.78 is 0. The van der Waals surface area contributed by atoms with Crippen LogP contribution in [0.2, 0.25) is 0 Å². The van der Waals surface area contributed by atoms with Gasteiger partial charge in [0.15, 0.2) is 5.16 Å². The number of aromatic nitrogens is 2. The summed E-state index contributed by atoms with van der Waals surface area (Å²) in [6, 6.07) is 13.3. The molecular weight excluding hydrogens is 352 g/mol. The van der Waals surface area contributed by atoms with Gasteiger partial charge in [-0.2, -0.15) is 0 Å². The zero-order chi connectivity index (χ0) is 18.7. The van der Waals surface area contributed by atoms with Crippen LogP contribution in [0.15, 0.2) is 58.5 Å². The number of hydrogen-bond acceptors (Lipinski definition) is 5. The molecule has 1 aromatic heterocycles. The zero-order valence-corrected chi connectivity index (χ0v) is 14.7. The molecule has 4 N–H and O–H groups in total. The third-order valence-corrected chi connectivity index (χ3v) is 4.67.